The van der Waals surface area contributed by atoms with Gasteiger partial charge in [-0.2, -0.15) is 0 Å². The van der Waals surface area contributed by atoms with E-state index in [1.54, 1.807) is 6.07 Å². The number of hydrogen-bond acceptors (Lipinski definition) is 7. The van der Waals surface area contributed by atoms with Crippen molar-refractivity contribution in [2.45, 2.75) is 31.8 Å². The maximum absolute atomic E-state index is 11.9. The maximum Gasteiger partial charge on any atom is 0.226 e. The van der Waals surface area contributed by atoms with E-state index in [1.807, 2.05) is 18.2 Å². The Morgan fingerprint density at radius 1 is 1.42 bits per heavy atom. The molecule has 24 heavy (non-hydrogen) atoms. The number of amides is 1. The van der Waals surface area contributed by atoms with Crippen LogP contribution in [0.3, 0.4) is 0 Å². The van der Waals surface area contributed by atoms with Crippen LogP contribution in [0.2, 0.25) is 0 Å². The average molecular weight is 348 g/mol. The summed E-state index contributed by atoms with van der Waals surface area (Å²) >= 11 is 1.37. The third-order valence-electron chi connectivity index (χ3n) is 3.62. The van der Waals surface area contributed by atoms with Crippen molar-refractivity contribution in [2.24, 2.45) is 0 Å². The van der Waals surface area contributed by atoms with Gasteiger partial charge in [0.1, 0.15) is 16.9 Å². The number of nitrogens with zero attached hydrogens (tertiary/aromatic N) is 2. The van der Waals surface area contributed by atoms with Gasteiger partial charge in [-0.15, -0.1) is 10.2 Å². The van der Waals surface area contributed by atoms with Crippen LogP contribution in [-0.4, -0.2) is 29.3 Å². The molecule has 1 aliphatic heterocycles. The number of carbonyl (C=O) groups excluding carboxylic acids is 1. The third-order valence-corrected chi connectivity index (χ3v) is 4.55. The second kappa shape index (κ2) is 8.07. The number of benzene rings is 1. The summed E-state index contributed by atoms with van der Waals surface area (Å²) in [6.45, 7) is 1.19. The van der Waals surface area contributed by atoms with Crippen molar-refractivity contribution >= 4 is 28.1 Å². The van der Waals surface area contributed by atoms with Crippen LogP contribution >= 0.6 is 11.3 Å². The van der Waals surface area contributed by atoms with E-state index in [4.69, 9.17) is 15.2 Å². The summed E-state index contributed by atoms with van der Waals surface area (Å²) in [6.07, 6.45) is 2.97. The van der Waals surface area contributed by atoms with E-state index in [9.17, 15) is 4.79 Å². The van der Waals surface area contributed by atoms with Crippen molar-refractivity contribution in [3.63, 3.8) is 0 Å². The third kappa shape index (κ3) is 4.42. The molecule has 0 radical (unpaired) electrons. The van der Waals surface area contributed by atoms with Crippen molar-refractivity contribution in [1.82, 2.24) is 10.2 Å². The summed E-state index contributed by atoms with van der Waals surface area (Å²) in [5.41, 5.74) is 6.39. The predicted molar refractivity (Wildman–Crippen MR) is 92.0 cm³/mol. The Morgan fingerprint density at radius 2 is 2.29 bits per heavy atom. The first-order valence-electron chi connectivity index (χ1n) is 7.94. The molecular weight excluding hydrogens is 328 g/mol. The second-order valence-corrected chi connectivity index (χ2v) is 6.49. The summed E-state index contributed by atoms with van der Waals surface area (Å²) in [4.78, 5) is 11.9. The number of nitrogen functional groups attached to an aromatic ring is 1. The number of ether oxygens (including phenoxy) is 2. The lowest BCUT2D eigenvalue weighted by Crippen LogP contribution is -2.12. The highest BCUT2D eigenvalue weighted by atomic mass is 32.1. The summed E-state index contributed by atoms with van der Waals surface area (Å²) < 4.78 is 11.1. The van der Waals surface area contributed by atoms with E-state index >= 15 is 0 Å². The van der Waals surface area contributed by atoms with Gasteiger partial charge in [0.05, 0.1) is 12.3 Å². The zero-order valence-electron chi connectivity index (χ0n) is 13.2. The molecule has 0 aliphatic carbocycles. The number of nitrogens with two attached hydrogens (primary N) is 1. The maximum atomic E-state index is 11.9. The number of nitrogens with one attached hydrogen (secondary N) is 1. The molecule has 1 fully saturated rings. The molecule has 1 saturated heterocycles. The van der Waals surface area contributed by atoms with Crippen LogP contribution in [0.1, 0.15) is 36.8 Å². The van der Waals surface area contributed by atoms with Crippen molar-refractivity contribution in [3.05, 3.63) is 29.3 Å². The molecule has 2 heterocycles. The molecule has 2 aromatic rings. The molecule has 8 heteroatoms. The zero-order chi connectivity index (χ0) is 16.8. The van der Waals surface area contributed by atoms with Gasteiger partial charge in [-0.3, -0.25) is 4.79 Å². The zero-order valence-corrected chi connectivity index (χ0v) is 14.1. The van der Waals surface area contributed by atoms with Gasteiger partial charge in [-0.05, 0) is 31.4 Å². The van der Waals surface area contributed by atoms with Crippen LogP contribution < -0.4 is 15.8 Å². The van der Waals surface area contributed by atoms with Gasteiger partial charge in [0.2, 0.25) is 11.0 Å². The molecule has 0 spiro atoms. The topological polar surface area (TPSA) is 99.4 Å². The first-order chi connectivity index (χ1) is 11.7. The SMILES string of the molecule is Nc1ccccc1OCCCC(=O)Nc1nnc(C2CCCO2)s1. The van der Waals surface area contributed by atoms with Gasteiger partial charge in [0, 0.05) is 13.0 Å². The highest BCUT2D eigenvalue weighted by Gasteiger charge is 2.22. The van der Waals surface area contributed by atoms with Gasteiger partial charge in [0.25, 0.3) is 0 Å². The Morgan fingerprint density at radius 3 is 3.08 bits per heavy atom. The standard InChI is InChI=1S/C16H20N4O3S/c17-11-5-1-2-6-12(11)22-10-4-8-14(21)18-16-20-19-15(24-16)13-7-3-9-23-13/h1-2,5-6,13H,3-4,7-10,17H2,(H,18,20,21). The fraction of sp³-hybridized carbons (Fsp3) is 0.438. The summed E-state index contributed by atoms with van der Waals surface area (Å²) in [6, 6.07) is 7.30. The van der Waals surface area contributed by atoms with E-state index < -0.39 is 0 Å². The van der Waals surface area contributed by atoms with Crippen LogP contribution in [0.5, 0.6) is 5.75 Å². The largest absolute Gasteiger partial charge is 0.491 e. The van der Waals surface area contributed by atoms with Crippen LogP contribution in [0.4, 0.5) is 10.8 Å². The average Bonchev–Trinajstić information content (AvgIpc) is 3.24. The summed E-state index contributed by atoms with van der Waals surface area (Å²) in [5.74, 6) is 0.540. The minimum Gasteiger partial charge on any atom is -0.491 e. The molecular formula is C16H20N4O3S. The summed E-state index contributed by atoms with van der Waals surface area (Å²) in [5, 5.41) is 12.2. The molecule has 1 aliphatic rings. The van der Waals surface area contributed by atoms with Crippen molar-refractivity contribution in [2.75, 3.05) is 24.3 Å². The molecule has 1 aromatic heterocycles. The second-order valence-electron chi connectivity index (χ2n) is 5.49. The highest BCUT2D eigenvalue weighted by molar-refractivity contribution is 7.15. The van der Waals surface area contributed by atoms with E-state index in [2.05, 4.69) is 15.5 Å². The summed E-state index contributed by atoms with van der Waals surface area (Å²) in [7, 11) is 0. The van der Waals surface area contributed by atoms with E-state index in [-0.39, 0.29) is 12.0 Å². The van der Waals surface area contributed by atoms with Gasteiger partial charge in [-0.1, -0.05) is 23.5 Å². The smallest absolute Gasteiger partial charge is 0.226 e. The molecule has 1 aromatic carbocycles. The van der Waals surface area contributed by atoms with Crippen molar-refractivity contribution in [1.29, 1.82) is 0 Å². The van der Waals surface area contributed by atoms with Gasteiger partial charge >= 0.3 is 0 Å². The molecule has 3 rings (SSSR count). The minimum absolute atomic E-state index is 0.0258. The van der Waals surface area contributed by atoms with E-state index in [0.717, 1.165) is 24.5 Å². The molecule has 1 unspecified atom stereocenters. The van der Waals surface area contributed by atoms with Crippen LogP contribution in [0.15, 0.2) is 24.3 Å². The molecule has 3 N–H and O–H groups in total. The van der Waals surface area contributed by atoms with Gasteiger partial charge < -0.3 is 20.5 Å². The van der Waals surface area contributed by atoms with Crippen LogP contribution in [-0.2, 0) is 9.53 Å². The van der Waals surface area contributed by atoms with Crippen molar-refractivity contribution < 1.29 is 14.3 Å². The number of carbonyl (C=O) groups is 1. The quantitative estimate of drug-likeness (QED) is 0.589. The number of anilines is 2. The first-order valence-corrected chi connectivity index (χ1v) is 8.76. The fourth-order valence-corrected chi connectivity index (χ4v) is 3.24. The Kier molecular flexibility index (Phi) is 5.60. The monoisotopic (exact) mass is 348 g/mol. The first kappa shape index (κ1) is 16.7. The normalized spacial score (nSPS) is 16.9. The molecule has 1 amide bonds. The number of aromatic nitrogens is 2. The number of hydrogen-bond donors (Lipinski definition) is 2. The van der Waals surface area contributed by atoms with Gasteiger partial charge in [-0.25, -0.2) is 0 Å². The van der Waals surface area contributed by atoms with Crippen LogP contribution in [0.25, 0.3) is 0 Å². The molecule has 128 valence electrons. The lowest BCUT2D eigenvalue weighted by Gasteiger charge is -2.08. The lowest BCUT2D eigenvalue weighted by atomic mass is 10.2. The Balaban J connectivity index is 1.39. The lowest BCUT2D eigenvalue weighted by molar-refractivity contribution is -0.116. The Bertz CT molecular complexity index is 685. The Hall–Kier alpha value is -2.19. The van der Waals surface area contributed by atoms with Crippen molar-refractivity contribution in [3.8, 4) is 5.75 Å². The fourth-order valence-electron chi connectivity index (χ4n) is 2.40. The molecule has 0 saturated carbocycles. The van der Waals surface area contributed by atoms with Crippen LogP contribution in [0, 0.1) is 0 Å². The van der Waals surface area contributed by atoms with Gasteiger partial charge in [0.15, 0.2) is 0 Å². The minimum atomic E-state index is -0.102. The van der Waals surface area contributed by atoms with E-state index in [1.165, 1.54) is 11.3 Å². The molecule has 0 bridgehead atoms. The van der Waals surface area contributed by atoms with E-state index in [0.29, 0.717) is 36.0 Å². The Labute approximate surface area is 144 Å². The number of para-hydroxylation sites is 2. The molecule has 1 atom stereocenters. The number of rotatable bonds is 7. The molecule has 7 nitrogen and oxygen atoms in total. The predicted octanol–water partition coefficient (Wildman–Crippen LogP) is 2.77. The highest BCUT2D eigenvalue weighted by Crippen LogP contribution is 2.31.